The molecule has 2 aromatic rings. The number of hydrogen-bond donors (Lipinski definition) is 0. The molecule has 0 saturated heterocycles. The molecule has 254 valence electrons. The summed E-state index contributed by atoms with van der Waals surface area (Å²) in [5.74, 6) is 0.599. The third-order valence-corrected chi connectivity index (χ3v) is 21.9. The summed E-state index contributed by atoms with van der Waals surface area (Å²) in [6.45, 7) is 24.5. The molecule has 44 heavy (non-hydrogen) atoms. The molecule has 0 amide bonds. The Balaban J connectivity index is -0.000000681. The monoisotopic (exact) mass is 852 g/mol. The van der Waals surface area contributed by atoms with Gasteiger partial charge in [-0.25, -0.2) is 0 Å². The van der Waals surface area contributed by atoms with Crippen molar-refractivity contribution in [2.75, 3.05) is 0 Å². The van der Waals surface area contributed by atoms with E-state index in [9.17, 15) is 19.2 Å². The van der Waals surface area contributed by atoms with Crippen molar-refractivity contribution in [3.8, 4) is 17.2 Å². The van der Waals surface area contributed by atoms with Gasteiger partial charge in [-0.2, -0.15) is 0 Å². The van der Waals surface area contributed by atoms with E-state index in [4.69, 9.17) is 14.2 Å². The zero-order chi connectivity index (χ0) is 33.9. The second kappa shape index (κ2) is 25.5. The van der Waals surface area contributed by atoms with Crippen LogP contribution in [0.4, 0.5) is 0 Å². The molecule has 0 aliphatic carbocycles. The molecule has 7 nitrogen and oxygen atoms in total. The van der Waals surface area contributed by atoms with Crippen molar-refractivity contribution in [2.45, 2.75) is 164 Å². The van der Waals surface area contributed by atoms with E-state index in [0.717, 1.165) is 22.8 Å². The maximum absolute atomic E-state index is 12.5. The minimum absolute atomic E-state index is 0. The molecule has 10 heteroatoms. The summed E-state index contributed by atoms with van der Waals surface area (Å²) in [5.41, 5.74) is -1.73. The van der Waals surface area contributed by atoms with Crippen LogP contribution in [0.1, 0.15) is 108 Å². The quantitative estimate of drug-likeness (QED) is 0.130. The molecule has 0 atom stereocenters. The molecule has 0 spiro atoms. The fraction of sp³-hybridized carbons (Fsp3) is 0.765. The summed E-state index contributed by atoms with van der Waals surface area (Å²) < 4.78 is 20.6. The van der Waals surface area contributed by atoms with Crippen molar-refractivity contribution in [1.82, 2.24) is 0 Å². The molecule has 0 saturated carbocycles. The fourth-order valence-corrected chi connectivity index (χ4v) is 21.2. The standard InChI is InChI=1S/C10H14O4.C7H7O3.3C4H9.C3H9Si.CH4.CH3.2Sn/c1-5(2)13-9-7(11)8(12)10(9)14-6(3)4;1-4(2)10-6-3-5(8)7(6)9;3*1-3-4-2;1-4(2)3;;;;/h5-6H,1-4H3;4H,1-2H3;3*1,3-4H2,2H3;1-3H3;1H4;1H3;;. The topological polar surface area (TPSA) is 96.0 Å². The normalized spacial score (nSPS) is 11.0. The van der Waals surface area contributed by atoms with Crippen molar-refractivity contribution in [2.24, 2.45) is 0 Å². The Morgan fingerprint density at radius 3 is 1.07 bits per heavy atom. The SMILES string of the molecule is C.CC(C)Oc1c(OC(C)C)c(=O)c1=O.CCC[CH2][Sn]([CH2]CCC)([CH2]CCC)[c]1c(OC(C)C)c(=O)c1=O.C[Si](C)C.[CH3][Sn]. The fourth-order valence-electron chi connectivity index (χ4n) is 4.53. The first-order chi connectivity index (χ1) is 20.1. The molecular formula is C34H64O7SiSn2. The molecule has 0 bridgehead atoms. The minimum atomic E-state index is -2.83. The molecule has 2 aromatic carbocycles. The van der Waals surface area contributed by atoms with Gasteiger partial charge in [0.1, 0.15) is 0 Å². The van der Waals surface area contributed by atoms with Gasteiger partial charge in [-0.3, -0.25) is 9.59 Å². The van der Waals surface area contributed by atoms with Gasteiger partial charge < -0.3 is 9.47 Å². The van der Waals surface area contributed by atoms with Gasteiger partial charge in [-0.1, -0.05) is 27.1 Å². The Kier molecular flexibility index (Phi) is 27.6. The summed E-state index contributed by atoms with van der Waals surface area (Å²) in [7, 11) is 0.120. The van der Waals surface area contributed by atoms with E-state index in [0.29, 0.717) is 5.75 Å². The third kappa shape index (κ3) is 16.3. The Morgan fingerprint density at radius 1 is 0.568 bits per heavy atom. The van der Waals surface area contributed by atoms with Crippen LogP contribution in [0, 0.1) is 0 Å². The summed E-state index contributed by atoms with van der Waals surface area (Å²) in [6, 6.07) is 0. The summed E-state index contributed by atoms with van der Waals surface area (Å²) in [4.78, 5) is 48.8. The van der Waals surface area contributed by atoms with Crippen LogP contribution in [0.25, 0.3) is 0 Å². The van der Waals surface area contributed by atoms with Crippen LogP contribution in [0.5, 0.6) is 17.2 Å². The van der Waals surface area contributed by atoms with Crippen molar-refractivity contribution >= 4 is 53.3 Å². The molecule has 2 rings (SSSR count). The van der Waals surface area contributed by atoms with Gasteiger partial charge in [0.25, 0.3) is 10.9 Å². The van der Waals surface area contributed by atoms with Gasteiger partial charge in [-0.15, -0.1) is 0 Å². The average molecular weight is 850 g/mol. The van der Waals surface area contributed by atoms with Gasteiger partial charge in [0.05, 0.1) is 12.2 Å². The van der Waals surface area contributed by atoms with Gasteiger partial charge in [0.2, 0.25) is 11.5 Å². The molecule has 0 heterocycles. The first-order valence-electron chi connectivity index (χ1n) is 16.0. The van der Waals surface area contributed by atoms with E-state index in [2.05, 4.69) is 45.4 Å². The zero-order valence-corrected chi connectivity index (χ0v) is 36.2. The molecule has 0 aromatic heterocycles. The van der Waals surface area contributed by atoms with Crippen molar-refractivity contribution in [1.29, 1.82) is 0 Å². The van der Waals surface area contributed by atoms with Crippen LogP contribution < -0.4 is 39.5 Å². The van der Waals surface area contributed by atoms with E-state index in [1.54, 1.807) is 50.2 Å². The first-order valence-corrected chi connectivity index (χ1v) is 29.4. The summed E-state index contributed by atoms with van der Waals surface area (Å²) >= 11 is -1.28. The molecule has 0 fully saturated rings. The molecule has 0 aliphatic rings. The number of rotatable bonds is 16. The van der Waals surface area contributed by atoms with Crippen LogP contribution in [-0.2, 0) is 0 Å². The van der Waals surface area contributed by atoms with Crippen LogP contribution >= 0.6 is 0 Å². The van der Waals surface area contributed by atoms with Crippen LogP contribution in [0.15, 0.2) is 19.2 Å². The molecule has 0 unspecified atom stereocenters. The predicted molar refractivity (Wildman–Crippen MR) is 196 cm³/mol. The van der Waals surface area contributed by atoms with Crippen LogP contribution in [0.2, 0.25) is 37.9 Å². The van der Waals surface area contributed by atoms with Crippen molar-refractivity contribution in [3.05, 3.63) is 40.9 Å². The second-order valence-corrected chi connectivity index (χ2v) is 28.3. The van der Waals surface area contributed by atoms with Gasteiger partial charge >= 0.3 is 173 Å². The second-order valence-electron chi connectivity index (χ2n) is 12.3. The molecule has 0 N–H and O–H groups in total. The van der Waals surface area contributed by atoms with Gasteiger partial charge in [-0.05, 0) is 27.7 Å². The van der Waals surface area contributed by atoms with Gasteiger partial charge in [0, 0.05) is 8.80 Å². The Bertz CT molecular complexity index is 1100. The predicted octanol–water partition coefficient (Wildman–Crippen LogP) is 7.19. The summed E-state index contributed by atoms with van der Waals surface area (Å²) in [6.07, 6.45) is 6.73. The first kappa shape index (κ1) is 47.8. The average Bonchev–Trinajstić information content (AvgIpc) is 2.95. The van der Waals surface area contributed by atoms with Crippen LogP contribution in [0.3, 0.4) is 0 Å². The van der Waals surface area contributed by atoms with Crippen LogP contribution in [-0.4, -0.2) is 68.0 Å². The zero-order valence-electron chi connectivity index (χ0n) is 29.5. The molecular weight excluding hydrogens is 786 g/mol. The van der Waals surface area contributed by atoms with E-state index < -0.39 is 29.2 Å². The Labute approximate surface area is 288 Å². The van der Waals surface area contributed by atoms with Crippen molar-refractivity contribution < 1.29 is 14.2 Å². The Hall–Kier alpha value is -0.626. The number of hydrogen-bond acceptors (Lipinski definition) is 7. The number of unbranched alkanes of at least 4 members (excludes halogenated alkanes) is 3. The third-order valence-electron chi connectivity index (χ3n) is 6.31. The van der Waals surface area contributed by atoms with E-state index in [-0.39, 0.29) is 56.9 Å². The Morgan fingerprint density at radius 2 is 0.818 bits per heavy atom. The van der Waals surface area contributed by atoms with E-state index in [1.165, 1.54) is 32.6 Å². The molecule has 0 aliphatic heterocycles. The van der Waals surface area contributed by atoms with Gasteiger partial charge in [0.15, 0.2) is 0 Å². The van der Waals surface area contributed by atoms with E-state index in [1.807, 2.05) is 13.8 Å². The van der Waals surface area contributed by atoms with E-state index >= 15 is 0 Å². The molecule has 4 radical (unpaired) electrons. The summed E-state index contributed by atoms with van der Waals surface area (Å²) in [5, 5.41) is 0. The number of ether oxygens (including phenoxy) is 3. The maximum atomic E-state index is 12.5. The van der Waals surface area contributed by atoms with Crippen molar-refractivity contribution in [3.63, 3.8) is 0 Å².